The average molecular weight is 229 g/mol. The van der Waals surface area contributed by atoms with Crippen LogP contribution in [0.4, 0.5) is 0 Å². The van der Waals surface area contributed by atoms with Crippen LogP contribution in [0.2, 0.25) is 0 Å². The highest BCUT2D eigenvalue weighted by Gasteiger charge is 2.30. The molecule has 90 valence electrons. The zero-order valence-electron chi connectivity index (χ0n) is 10.1. The molecule has 0 saturated heterocycles. The van der Waals surface area contributed by atoms with E-state index in [1.165, 1.54) is 5.56 Å². The van der Waals surface area contributed by atoms with Gasteiger partial charge in [-0.15, -0.1) is 6.58 Å². The van der Waals surface area contributed by atoms with Gasteiger partial charge >= 0.3 is 0 Å². The van der Waals surface area contributed by atoms with E-state index in [9.17, 15) is 4.79 Å². The number of carbonyl (C=O) groups excluding carboxylic acids is 1. The van der Waals surface area contributed by atoms with Gasteiger partial charge in [0.25, 0.3) is 0 Å². The van der Waals surface area contributed by atoms with Gasteiger partial charge in [-0.1, -0.05) is 36.4 Å². The first-order chi connectivity index (χ1) is 8.29. The van der Waals surface area contributed by atoms with E-state index in [1.807, 2.05) is 24.3 Å². The van der Waals surface area contributed by atoms with Crippen molar-refractivity contribution < 1.29 is 4.79 Å². The summed E-state index contributed by atoms with van der Waals surface area (Å²) in [7, 11) is 0. The molecule has 1 atom stereocenters. The highest BCUT2D eigenvalue weighted by Crippen LogP contribution is 2.29. The Bertz CT molecular complexity index is 381. The van der Waals surface area contributed by atoms with Gasteiger partial charge in [0.2, 0.25) is 5.91 Å². The van der Waals surface area contributed by atoms with E-state index in [-0.39, 0.29) is 17.9 Å². The average Bonchev–Trinajstić information content (AvgIpc) is 3.14. The highest BCUT2D eigenvalue weighted by atomic mass is 16.2. The number of hydrogen-bond acceptors (Lipinski definition) is 1. The lowest BCUT2D eigenvalue weighted by Crippen LogP contribution is -2.37. The summed E-state index contributed by atoms with van der Waals surface area (Å²) in [6.45, 7) is 3.76. The fraction of sp³-hybridized carbons (Fsp3) is 0.400. The van der Waals surface area contributed by atoms with E-state index in [4.69, 9.17) is 0 Å². The van der Waals surface area contributed by atoms with Crippen molar-refractivity contribution >= 4 is 5.91 Å². The maximum absolute atomic E-state index is 11.7. The minimum atomic E-state index is 0.183. The summed E-state index contributed by atoms with van der Waals surface area (Å²) < 4.78 is 0. The molecule has 1 aromatic rings. The molecule has 2 nitrogen and oxygen atoms in total. The third-order valence-electron chi connectivity index (χ3n) is 3.07. The molecule has 2 heteroatoms. The van der Waals surface area contributed by atoms with E-state index in [0.717, 1.165) is 25.7 Å². The van der Waals surface area contributed by atoms with Gasteiger partial charge in [-0.05, 0) is 31.2 Å². The normalized spacial score (nSPS) is 16.2. The number of hydrogen-bond donors (Lipinski definition) is 1. The minimum absolute atomic E-state index is 0.183. The molecule has 1 saturated carbocycles. The lowest BCUT2D eigenvalue weighted by Gasteiger charge is -2.17. The molecule has 1 aliphatic carbocycles. The molecule has 17 heavy (non-hydrogen) atoms. The maximum Gasteiger partial charge on any atom is 0.223 e. The van der Waals surface area contributed by atoms with Crippen molar-refractivity contribution in [2.75, 3.05) is 0 Å². The van der Waals surface area contributed by atoms with Gasteiger partial charge in [0.15, 0.2) is 0 Å². The second kappa shape index (κ2) is 5.67. The number of amides is 1. The molecule has 0 spiro atoms. The largest absolute Gasteiger partial charge is 0.352 e. The van der Waals surface area contributed by atoms with Gasteiger partial charge in [-0.3, -0.25) is 4.79 Å². The quantitative estimate of drug-likeness (QED) is 0.747. The van der Waals surface area contributed by atoms with Crippen LogP contribution in [-0.2, 0) is 11.2 Å². The molecule has 1 amide bonds. The van der Waals surface area contributed by atoms with Crippen molar-refractivity contribution in [2.45, 2.75) is 31.7 Å². The number of carbonyl (C=O) groups is 1. The third kappa shape index (κ3) is 3.74. The molecule has 1 N–H and O–H groups in total. The maximum atomic E-state index is 11.7. The van der Waals surface area contributed by atoms with Crippen molar-refractivity contribution in [3.63, 3.8) is 0 Å². The predicted molar refractivity (Wildman–Crippen MR) is 69.6 cm³/mol. The van der Waals surface area contributed by atoms with Crippen LogP contribution in [0.5, 0.6) is 0 Å². The SMILES string of the molecule is C=CC[C@@H](Cc1ccccc1)NC(=O)C1CC1. The third-order valence-corrected chi connectivity index (χ3v) is 3.07. The Labute approximate surface area is 103 Å². The monoisotopic (exact) mass is 229 g/mol. The first kappa shape index (κ1) is 11.9. The molecule has 0 unspecified atom stereocenters. The summed E-state index contributed by atoms with van der Waals surface area (Å²) in [5.74, 6) is 0.492. The molecule has 1 aliphatic rings. The molecule has 0 aliphatic heterocycles. The zero-order valence-corrected chi connectivity index (χ0v) is 10.1. The zero-order chi connectivity index (χ0) is 12.1. The molecule has 1 aromatic carbocycles. The van der Waals surface area contributed by atoms with Crippen LogP contribution in [-0.4, -0.2) is 11.9 Å². The van der Waals surface area contributed by atoms with Crippen LogP contribution in [0.1, 0.15) is 24.8 Å². The summed E-state index contributed by atoms with van der Waals surface area (Å²) in [4.78, 5) is 11.7. The second-order valence-corrected chi connectivity index (χ2v) is 4.69. The van der Waals surface area contributed by atoms with Crippen molar-refractivity contribution in [1.29, 1.82) is 0 Å². The molecule has 0 radical (unpaired) electrons. The standard InChI is InChI=1S/C15H19NO/c1-2-6-14(16-15(17)13-9-10-13)11-12-7-4-3-5-8-12/h2-5,7-8,13-14H,1,6,9-11H2,(H,16,17)/t14-/m0/s1. The van der Waals surface area contributed by atoms with Crippen LogP contribution in [0.15, 0.2) is 43.0 Å². The van der Waals surface area contributed by atoms with Crippen molar-refractivity contribution in [3.05, 3.63) is 48.6 Å². The van der Waals surface area contributed by atoms with Gasteiger partial charge < -0.3 is 5.32 Å². The van der Waals surface area contributed by atoms with Crippen LogP contribution in [0, 0.1) is 5.92 Å². The van der Waals surface area contributed by atoms with Gasteiger partial charge in [-0.25, -0.2) is 0 Å². The van der Waals surface area contributed by atoms with E-state index < -0.39 is 0 Å². The lowest BCUT2D eigenvalue weighted by molar-refractivity contribution is -0.122. The number of nitrogens with one attached hydrogen (secondary N) is 1. The molecule has 0 aromatic heterocycles. The van der Waals surface area contributed by atoms with Gasteiger partial charge in [0.1, 0.15) is 0 Å². The van der Waals surface area contributed by atoms with E-state index in [2.05, 4.69) is 24.0 Å². The van der Waals surface area contributed by atoms with Gasteiger partial charge in [0, 0.05) is 12.0 Å². The number of rotatable bonds is 6. The van der Waals surface area contributed by atoms with Crippen LogP contribution >= 0.6 is 0 Å². The number of benzene rings is 1. The molecule has 1 fully saturated rings. The Balaban J connectivity index is 1.91. The Morgan fingerprint density at radius 2 is 2.12 bits per heavy atom. The first-order valence-corrected chi connectivity index (χ1v) is 6.25. The molecule has 0 bridgehead atoms. The van der Waals surface area contributed by atoms with Gasteiger partial charge in [0.05, 0.1) is 0 Å². The smallest absolute Gasteiger partial charge is 0.223 e. The van der Waals surface area contributed by atoms with Crippen molar-refractivity contribution in [1.82, 2.24) is 5.32 Å². The van der Waals surface area contributed by atoms with E-state index >= 15 is 0 Å². The summed E-state index contributed by atoms with van der Waals surface area (Å²) in [5, 5.41) is 3.12. The first-order valence-electron chi connectivity index (χ1n) is 6.25. The fourth-order valence-corrected chi connectivity index (χ4v) is 1.96. The lowest BCUT2D eigenvalue weighted by atomic mass is 10.0. The highest BCUT2D eigenvalue weighted by molar-refractivity contribution is 5.81. The van der Waals surface area contributed by atoms with Crippen molar-refractivity contribution in [3.8, 4) is 0 Å². The Kier molecular flexibility index (Phi) is 3.97. The van der Waals surface area contributed by atoms with E-state index in [0.29, 0.717) is 0 Å². The minimum Gasteiger partial charge on any atom is -0.352 e. The fourth-order valence-electron chi connectivity index (χ4n) is 1.96. The topological polar surface area (TPSA) is 29.1 Å². The van der Waals surface area contributed by atoms with Gasteiger partial charge in [-0.2, -0.15) is 0 Å². The summed E-state index contributed by atoms with van der Waals surface area (Å²) >= 11 is 0. The molecular weight excluding hydrogens is 210 g/mol. The Morgan fingerprint density at radius 3 is 2.71 bits per heavy atom. The second-order valence-electron chi connectivity index (χ2n) is 4.69. The summed E-state index contributed by atoms with van der Waals surface area (Å²) in [6, 6.07) is 10.4. The van der Waals surface area contributed by atoms with E-state index in [1.54, 1.807) is 0 Å². The molecule has 2 rings (SSSR count). The molecule has 0 heterocycles. The summed E-state index contributed by atoms with van der Waals surface area (Å²) in [5.41, 5.74) is 1.26. The Morgan fingerprint density at radius 1 is 1.41 bits per heavy atom. The van der Waals surface area contributed by atoms with Crippen molar-refractivity contribution in [2.24, 2.45) is 5.92 Å². The molecular formula is C15H19NO. The van der Waals surface area contributed by atoms with Crippen LogP contribution in [0.25, 0.3) is 0 Å². The Hall–Kier alpha value is -1.57. The van der Waals surface area contributed by atoms with Crippen LogP contribution < -0.4 is 5.32 Å². The van der Waals surface area contributed by atoms with Crippen LogP contribution in [0.3, 0.4) is 0 Å². The predicted octanol–water partition coefficient (Wildman–Crippen LogP) is 2.70. The summed E-state index contributed by atoms with van der Waals surface area (Å²) in [6.07, 6.45) is 5.69.